The van der Waals surface area contributed by atoms with E-state index in [9.17, 15) is 0 Å². The molecule has 0 fully saturated rings. The van der Waals surface area contributed by atoms with Crippen molar-refractivity contribution in [2.24, 2.45) is 0 Å². The first-order valence-corrected chi connectivity index (χ1v) is 7.92. The Morgan fingerprint density at radius 3 is 1.96 bits per heavy atom. The fraction of sp³-hybridized carbons (Fsp3) is 0. The molecule has 0 N–H and O–H groups in total. The maximum Gasteiger partial charge on any atom is 0.0702 e. The average Bonchev–Trinajstić information content (AvgIpc) is 2.70. The van der Waals surface area contributed by atoms with Crippen LogP contribution in [0.3, 0.4) is 0 Å². The number of hydrogen-bond acceptors (Lipinski definition) is 2. The lowest BCUT2D eigenvalue weighted by Gasteiger charge is -2.07. The van der Waals surface area contributed by atoms with Gasteiger partial charge in [-0.05, 0) is 35.4 Å². The molecule has 0 amide bonds. The monoisotopic (exact) mass is 308 g/mol. The van der Waals surface area contributed by atoms with Gasteiger partial charge in [-0.2, -0.15) is 0 Å². The second kappa shape index (κ2) is 6.47. The van der Waals surface area contributed by atoms with E-state index in [-0.39, 0.29) is 0 Å². The molecule has 2 heteroatoms. The van der Waals surface area contributed by atoms with Crippen LogP contribution in [0, 0.1) is 0 Å². The van der Waals surface area contributed by atoms with Crippen molar-refractivity contribution in [2.75, 3.05) is 0 Å². The topological polar surface area (TPSA) is 25.8 Å². The van der Waals surface area contributed by atoms with Gasteiger partial charge in [0.25, 0.3) is 0 Å². The summed E-state index contributed by atoms with van der Waals surface area (Å²) in [4.78, 5) is 8.86. The number of benzene rings is 2. The first-order valence-electron chi connectivity index (χ1n) is 7.92. The van der Waals surface area contributed by atoms with E-state index in [4.69, 9.17) is 0 Å². The summed E-state index contributed by atoms with van der Waals surface area (Å²) in [6.07, 6.45) is 5.63. The largest absolute Gasteiger partial charge is 0.263 e. The van der Waals surface area contributed by atoms with Crippen molar-refractivity contribution in [3.63, 3.8) is 0 Å². The molecule has 4 rings (SSSR count). The third-order valence-corrected chi connectivity index (χ3v) is 4.00. The molecule has 0 radical (unpaired) electrons. The lowest BCUT2D eigenvalue weighted by atomic mass is 10.00. The van der Waals surface area contributed by atoms with Gasteiger partial charge < -0.3 is 0 Å². The van der Waals surface area contributed by atoms with Crippen LogP contribution in [0.1, 0.15) is 0 Å². The molecule has 2 aromatic heterocycles. The average molecular weight is 308 g/mol. The van der Waals surface area contributed by atoms with Crippen molar-refractivity contribution in [3.8, 4) is 33.5 Å². The predicted molar refractivity (Wildman–Crippen MR) is 98.3 cm³/mol. The summed E-state index contributed by atoms with van der Waals surface area (Å²) in [5, 5.41) is 0. The molecule has 2 aromatic carbocycles. The summed E-state index contributed by atoms with van der Waals surface area (Å²) < 4.78 is 0. The van der Waals surface area contributed by atoms with Gasteiger partial charge in [0.1, 0.15) is 0 Å². The molecule has 2 nitrogen and oxygen atoms in total. The highest BCUT2D eigenvalue weighted by atomic mass is 14.7. The van der Waals surface area contributed by atoms with Crippen LogP contribution in [-0.2, 0) is 0 Å². The first-order chi connectivity index (χ1) is 11.9. The van der Waals surface area contributed by atoms with E-state index in [1.807, 2.05) is 55.0 Å². The molecule has 0 aliphatic carbocycles. The molecule has 0 atom stereocenters. The highest BCUT2D eigenvalue weighted by Gasteiger charge is 2.05. The van der Waals surface area contributed by atoms with Gasteiger partial charge in [-0.3, -0.25) is 9.97 Å². The fourth-order valence-electron chi connectivity index (χ4n) is 2.78. The minimum atomic E-state index is 0.978. The Kier molecular flexibility index (Phi) is 3.86. The number of aromatic nitrogens is 2. The molecule has 0 saturated carbocycles. The first kappa shape index (κ1) is 14.3. The van der Waals surface area contributed by atoms with Gasteiger partial charge in [0.2, 0.25) is 0 Å². The van der Waals surface area contributed by atoms with Crippen molar-refractivity contribution in [3.05, 3.63) is 97.5 Å². The van der Waals surface area contributed by atoms with Crippen LogP contribution in [0.15, 0.2) is 97.5 Å². The van der Waals surface area contributed by atoms with E-state index in [0.29, 0.717) is 0 Å². The van der Waals surface area contributed by atoms with Crippen molar-refractivity contribution in [2.45, 2.75) is 0 Å². The zero-order valence-corrected chi connectivity index (χ0v) is 13.1. The number of pyridine rings is 2. The molecule has 0 unspecified atom stereocenters. The predicted octanol–water partition coefficient (Wildman–Crippen LogP) is 5.48. The molecule has 0 aliphatic rings. The third-order valence-electron chi connectivity index (χ3n) is 4.00. The zero-order chi connectivity index (χ0) is 16.2. The van der Waals surface area contributed by atoms with E-state index < -0.39 is 0 Å². The smallest absolute Gasteiger partial charge is 0.0702 e. The molecule has 0 spiro atoms. The van der Waals surface area contributed by atoms with Crippen molar-refractivity contribution in [1.29, 1.82) is 0 Å². The van der Waals surface area contributed by atoms with E-state index in [0.717, 1.165) is 27.9 Å². The Hall–Kier alpha value is -3.26. The van der Waals surface area contributed by atoms with Crippen LogP contribution in [0.2, 0.25) is 0 Å². The van der Waals surface area contributed by atoms with Crippen LogP contribution >= 0.6 is 0 Å². The minimum absolute atomic E-state index is 0.978. The van der Waals surface area contributed by atoms with E-state index >= 15 is 0 Å². The Morgan fingerprint density at radius 1 is 0.500 bits per heavy atom. The minimum Gasteiger partial charge on any atom is -0.263 e. The van der Waals surface area contributed by atoms with Crippen LogP contribution in [0.5, 0.6) is 0 Å². The fourth-order valence-corrected chi connectivity index (χ4v) is 2.78. The van der Waals surface area contributed by atoms with Crippen molar-refractivity contribution < 1.29 is 0 Å². The summed E-state index contributed by atoms with van der Waals surface area (Å²) in [5.41, 5.74) is 6.63. The zero-order valence-electron chi connectivity index (χ0n) is 13.1. The maximum absolute atomic E-state index is 4.43. The molecule has 0 bridgehead atoms. The van der Waals surface area contributed by atoms with Gasteiger partial charge in [0.15, 0.2) is 0 Å². The molecule has 0 saturated heterocycles. The normalized spacial score (nSPS) is 10.5. The van der Waals surface area contributed by atoms with Crippen LogP contribution in [0.4, 0.5) is 0 Å². The van der Waals surface area contributed by atoms with Gasteiger partial charge >= 0.3 is 0 Å². The number of hydrogen-bond donors (Lipinski definition) is 0. The van der Waals surface area contributed by atoms with Crippen LogP contribution in [-0.4, -0.2) is 9.97 Å². The lowest BCUT2D eigenvalue weighted by molar-refractivity contribution is 1.32. The summed E-state index contributed by atoms with van der Waals surface area (Å²) in [5.74, 6) is 0. The molecule has 24 heavy (non-hydrogen) atoms. The molecule has 114 valence electrons. The van der Waals surface area contributed by atoms with E-state index in [1.54, 1.807) is 0 Å². The molecule has 2 heterocycles. The summed E-state index contributed by atoms with van der Waals surface area (Å²) >= 11 is 0. The van der Waals surface area contributed by atoms with Crippen LogP contribution < -0.4 is 0 Å². The maximum atomic E-state index is 4.43. The van der Waals surface area contributed by atoms with E-state index in [1.165, 1.54) is 5.56 Å². The third kappa shape index (κ3) is 2.95. The highest BCUT2D eigenvalue weighted by molar-refractivity contribution is 5.75. The Balaban J connectivity index is 1.75. The van der Waals surface area contributed by atoms with Gasteiger partial charge in [-0.1, -0.05) is 54.6 Å². The van der Waals surface area contributed by atoms with Crippen molar-refractivity contribution in [1.82, 2.24) is 9.97 Å². The highest BCUT2D eigenvalue weighted by Crippen LogP contribution is 2.28. The number of rotatable bonds is 3. The van der Waals surface area contributed by atoms with E-state index in [2.05, 4.69) is 52.4 Å². The van der Waals surface area contributed by atoms with Gasteiger partial charge in [-0.25, -0.2) is 0 Å². The lowest BCUT2D eigenvalue weighted by Crippen LogP contribution is -1.86. The summed E-state index contributed by atoms with van der Waals surface area (Å²) in [6.45, 7) is 0. The molecule has 0 aliphatic heterocycles. The standard InChI is InChI=1S/C22H16N2/c1-2-7-17(8-3-1)20-14-21(16-23-15-20)18-9-6-10-19(13-18)22-11-4-5-12-24-22/h1-16H. The summed E-state index contributed by atoms with van der Waals surface area (Å²) in [6, 6.07) is 26.9. The summed E-state index contributed by atoms with van der Waals surface area (Å²) in [7, 11) is 0. The van der Waals surface area contributed by atoms with Gasteiger partial charge in [0, 0.05) is 35.3 Å². The quantitative estimate of drug-likeness (QED) is 0.501. The Labute approximate surface area is 141 Å². The Bertz CT molecular complexity index is 867. The van der Waals surface area contributed by atoms with Gasteiger partial charge in [0.05, 0.1) is 5.69 Å². The number of nitrogens with zero attached hydrogens (tertiary/aromatic N) is 2. The second-order valence-corrected chi connectivity index (χ2v) is 5.62. The molecular weight excluding hydrogens is 292 g/mol. The van der Waals surface area contributed by atoms with Gasteiger partial charge in [-0.15, -0.1) is 0 Å². The van der Waals surface area contributed by atoms with Crippen LogP contribution in [0.25, 0.3) is 33.5 Å². The van der Waals surface area contributed by atoms with Crippen molar-refractivity contribution >= 4 is 0 Å². The molecule has 4 aromatic rings. The molecular formula is C22H16N2. The SMILES string of the molecule is c1ccc(-c2cncc(-c3cccc(-c4ccccn4)c3)c2)cc1. The second-order valence-electron chi connectivity index (χ2n) is 5.62. The Morgan fingerprint density at radius 2 is 1.17 bits per heavy atom.